The SMILES string of the molecule is CC1(C)C(C#N)=C(SCC(=O)NC2(C#N)CCCC2)NC(=O)[C@H]1C#N. The van der Waals surface area contributed by atoms with Gasteiger partial charge in [-0.2, -0.15) is 15.8 Å². The van der Waals surface area contributed by atoms with Gasteiger partial charge in [-0.15, -0.1) is 0 Å². The van der Waals surface area contributed by atoms with E-state index < -0.39 is 22.8 Å². The molecule has 25 heavy (non-hydrogen) atoms. The van der Waals surface area contributed by atoms with E-state index in [2.05, 4.69) is 22.8 Å². The second-order valence-electron chi connectivity index (χ2n) is 6.83. The first-order valence-electron chi connectivity index (χ1n) is 8.00. The molecule has 0 unspecified atom stereocenters. The Balaban J connectivity index is 2.11. The molecule has 8 heteroatoms. The lowest BCUT2D eigenvalue weighted by molar-refractivity contribution is -0.125. The van der Waals surface area contributed by atoms with Crippen LogP contribution < -0.4 is 10.6 Å². The predicted octanol–water partition coefficient (Wildman–Crippen LogP) is 1.70. The van der Waals surface area contributed by atoms with E-state index in [1.807, 2.05) is 6.07 Å². The van der Waals surface area contributed by atoms with Gasteiger partial charge in [0.15, 0.2) is 0 Å². The summed E-state index contributed by atoms with van der Waals surface area (Å²) in [5.41, 5.74) is -1.44. The molecule has 130 valence electrons. The Morgan fingerprint density at radius 1 is 1.32 bits per heavy atom. The van der Waals surface area contributed by atoms with Crippen LogP contribution in [0.5, 0.6) is 0 Å². The topological polar surface area (TPSA) is 130 Å². The van der Waals surface area contributed by atoms with Crippen LogP contribution in [0.15, 0.2) is 10.6 Å². The number of rotatable bonds is 4. The molecule has 0 aromatic heterocycles. The third-order valence-electron chi connectivity index (χ3n) is 4.73. The van der Waals surface area contributed by atoms with E-state index >= 15 is 0 Å². The third-order valence-corrected chi connectivity index (χ3v) is 5.73. The summed E-state index contributed by atoms with van der Waals surface area (Å²) >= 11 is 1.04. The van der Waals surface area contributed by atoms with Crippen molar-refractivity contribution in [1.82, 2.24) is 10.6 Å². The average molecular weight is 357 g/mol. The molecule has 2 amide bonds. The highest BCUT2D eigenvalue weighted by atomic mass is 32.2. The molecule has 1 fully saturated rings. The highest BCUT2D eigenvalue weighted by Gasteiger charge is 2.45. The van der Waals surface area contributed by atoms with Gasteiger partial charge in [-0.25, -0.2) is 0 Å². The minimum atomic E-state index is -0.958. The summed E-state index contributed by atoms with van der Waals surface area (Å²) in [6.45, 7) is 3.34. The molecule has 0 aromatic carbocycles. The van der Waals surface area contributed by atoms with Crippen LogP contribution in [0, 0.1) is 45.3 Å². The van der Waals surface area contributed by atoms with Crippen LogP contribution in [0.25, 0.3) is 0 Å². The standard InChI is InChI=1S/C17H19N5O2S/c1-16(2)11(7-18)14(24)21-15(12(16)8-19)25-9-13(23)22-17(10-20)5-3-4-6-17/h11H,3-6,9H2,1-2H3,(H,21,24)(H,22,23)/t11-/m1/s1. The quantitative estimate of drug-likeness (QED) is 0.787. The van der Waals surface area contributed by atoms with Gasteiger partial charge in [0.25, 0.3) is 0 Å². The summed E-state index contributed by atoms with van der Waals surface area (Å²) in [6.07, 6.45) is 3.09. The van der Waals surface area contributed by atoms with Gasteiger partial charge < -0.3 is 10.6 Å². The molecule has 0 spiro atoms. The van der Waals surface area contributed by atoms with E-state index in [9.17, 15) is 25.4 Å². The zero-order chi connectivity index (χ0) is 18.7. The highest BCUT2D eigenvalue weighted by molar-refractivity contribution is 8.03. The van der Waals surface area contributed by atoms with E-state index in [0.29, 0.717) is 17.9 Å². The summed E-state index contributed by atoms with van der Waals surface area (Å²) in [5.74, 6) is -1.76. The number of allylic oxidation sites excluding steroid dienone is 1. The smallest absolute Gasteiger partial charge is 0.243 e. The van der Waals surface area contributed by atoms with E-state index in [1.54, 1.807) is 13.8 Å². The minimum absolute atomic E-state index is 0.0163. The number of carbonyl (C=O) groups excluding carboxylic acids is 2. The van der Waals surface area contributed by atoms with Crippen molar-refractivity contribution in [3.8, 4) is 18.2 Å². The summed E-state index contributed by atoms with van der Waals surface area (Å²) < 4.78 is 0. The normalized spacial score (nSPS) is 23.8. The number of thioether (sulfide) groups is 1. The number of nitriles is 3. The van der Waals surface area contributed by atoms with Gasteiger partial charge >= 0.3 is 0 Å². The fourth-order valence-corrected chi connectivity index (χ4v) is 4.19. The van der Waals surface area contributed by atoms with Gasteiger partial charge in [0, 0.05) is 5.41 Å². The second kappa shape index (κ2) is 7.17. The van der Waals surface area contributed by atoms with Gasteiger partial charge in [-0.1, -0.05) is 25.6 Å². The Bertz CT molecular complexity index is 744. The van der Waals surface area contributed by atoms with Gasteiger partial charge in [0.05, 0.1) is 34.6 Å². The molecule has 7 nitrogen and oxygen atoms in total. The summed E-state index contributed by atoms with van der Waals surface area (Å²) in [5, 5.41) is 33.6. The van der Waals surface area contributed by atoms with Crippen LogP contribution in [0.4, 0.5) is 0 Å². The number of nitrogens with one attached hydrogen (secondary N) is 2. The molecule has 1 heterocycles. The molecule has 0 bridgehead atoms. The van der Waals surface area contributed by atoms with Crippen molar-refractivity contribution in [2.24, 2.45) is 11.3 Å². The zero-order valence-electron chi connectivity index (χ0n) is 14.2. The first-order valence-corrected chi connectivity index (χ1v) is 8.98. The number of hydrogen-bond donors (Lipinski definition) is 2. The van der Waals surface area contributed by atoms with Crippen LogP contribution >= 0.6 is 11.8 Å². The van der Waals surface area contributed by atoms with Gasteiger partial charge in [-0.3, -0.25) is 9.59 Å². The van der Waals surface area contributed by atoms with Gasteiger partial charge in [0.1, 0.15) is 11.5 Å². The Morgan fingerprint density at radius 3 is 2.48 bits per heavy atom. The molecule has 2 N–H and O–H groups in total. The molecule has 2 aliphatic rings. The van der Waals surface area contributed by atoms with E-state index in [4.69, 9.17) is 0 Å². The van der Waals surface area contributed by atoms with Crippen LogP contribution in [-0.2, 0) is 9.59 Å². The Kier molecular flexibility index (Phi) is 5.40. The van der Waals surface area contributed by atoms with Gasteiger partial charge in [-0.05, 0) is 25.7 Å². The van der Waals surface area contributed by atoms with Crippen molar-refractivity contribution in [3.63, 3.8) is 0 Å². The third kappa shape index (κ3) is 3.62. The van der Waals surface area contributed by atoms with Crippen LogP contribution in [0.3, 0.4) is 0 Å². The van der Waals surface area contributed by atoms with Crippen molar-refractivity contribution in [2.45, 2.75) is 45.1 Å². The van der Waals surface area contributed by atoms with E-state index in [1.165, 1.54) is 0 Å². The fourth-order valence-electron chi connectivity index (χ4n) is 3.22. The number of amides is 2. The summed E-state index contributed by atoms with van der Waals surface area (Å²) in [4.78, 5) is 24.3. The lowest BCUT2D eigenvalue weighted by Gasteiger charge is -2.34. The molecule has 1 aliphatic heterocycles. The Hall–Kier alpha value is -2.50. The molecule has 0 saturated heterocycles. The van der Waals surface area contributed by atoms with E-state index in [-0.39, 0.29) is 17.2 Å². The van der Waals surface area contributed by atoms with Crippen LogP contribution in [0.2, 0.25) is 0 Å². The van der Waals surface area contributed by atoms with Crippen molar-refractivity contribution >= 4 is 23.6 Å². The number of nitrogens with zero attached hydrogens (tertiary/aromatic N) is 3. The van der Waals surface area contributed by atoms with Crippen LogP contribution in [0.1, 0.15) is 39.5 Å². The molecular weight excluding hydrogens is 338 g/mol. The molecule has 1 atom stereocenters. The van der Waals surface area contributed by atoms with Crippen molar-refractivity contribution < 1.29 is 9.59 Å². The number of carbonyl (C=O) groups is 2. The van der Waals surface area contributed by atoms with E-state index in [0.717, 1.165) is 24.6 Å². The fraction of sp³-hybridized carbons (Fsp3) is 0.588. The van der Waals surface area contributed by atoms with Crippen LogP contribution in [-0.4, -0.2) is 23.1 Å². The molecular formula is C17H19N5O2S. The van der Waals surface area contributed by atoms with Crippen molar-refractivity contribution in [2.75, 3.05) is 5.75 Å². The molecule has 0 radical (unpaired) electrons. The molecule has 0 aromatic rings. The summed E-state index contributed by atoms with van der Waals surface area (Å²) in [6, 6.07) is 6.17. The highest BCUT2D eigenvalue weighted by Crippen LogP contribution is 2.41. The monoisotopic (exact) mass is 357 g/mol. The Morgan fingerprint density at radius 2 is 1.96 bits per heavy atom. The maximum atomic E-state index is 12.2. The number of hydrogen-bond acceptors (Lipinski definition) is 6. The maximum Gasteiger partial charge on any atom is 0.243 e. The minimum Gasteiger partial charge on any atom is -0.337 e. The molecule has 1 aliphatic carbocycles. The van der Waals surface area contributed by atoms with Gasteiger partial charge in [0.2, 0.25) is 11.8 Å². The first kappa shape index (κ1) is 18.8. The lowest BCUT2D eigenvalue weighted by atomic mass is 9.72. The summed E-state index contributed by atoms with van der Waals surface area (Å²) in [7, 11) is 0. The first-order chi connectivity index (χ1) is 11.8. The van der Waals surface area contributed by atoms with Crippen molar-refractivity contribution in [3.05, 3.63) is 10.6 Å². The maximum absolute atomic E-state index is 12.2. The Labute approximate surface area is 151 Å². The van der Waals surface area contributed by atoms with Crippen molar-refractivity contribution in [1.29, 1.82) is 15.8 Å². The lowest BCUT2D eigenvalue weighted by Crippen LogP contribution is -2.47. The zero-order valence-corrected chi connectivity index (χ0v) is 15.0. The predicted molar refractivity (Wildman–Crippen MR) is 91.1 cm³/mol. The molecule has 1 saturated carbocycles. The largest absolute Gasteiger partial charge is 0.337 e. The molecule has 2 rings (SSSR count). The average Bonchev–Trinajstić information content (AvgIpc) is 3.01. The second-order valence-corrected chi connectivity index (χ2v) is 7.81.